The number of hydrogen-bond acceptors (Lipinski definition) is 5. The summed E-state index contributed by atoms with van der Waals surface area (Å²) in [5.41, 5.74) is 3.47. The molecule has 5 rings (SSSR count). The molecule has 2 saturated carbocycles. The number of rotatable bonds is 9. The van der Waals surface area contributed by atoms with Crippen molar-refractivity contribution in [2.45, 2.75) is 68.7 Å². The Morgan fingerprint density at radius 2 is 1.67 bits per heavy atom. The third-order valence-corrected chi connectivity index (χ3v) is 10.9. The molecule has 0 spiro atoms. The van der Waals surface area contributed by atoms with Crippen LogP contribution in [0.1, 0.15) is 56.7 Å². The minimum atomic E-state index is -4.41. The fourth-order valence-corrected chi connectivity index (χ4v) is 7.66. The van der Waals surface area contributed by atoms with Crippen LogP contribution in [-0.2, 0) is 16.0 Å². The lowest BCUT2D eigenvalue weighted by molar-refractivity contribution is -0.137. The van der Waals surface area contributed by atoms with E-state index in [4.69, 9.17) is 0 Å². The third kappa shape index (κ3) is 6.89. The Kier molecular flexibility index (Phi) is 8.81. The zero-order chi connectivity index (χ0) is 30.1. The number of nitrogens with zero attached hydrogens (tertiary/aromatic N) is 1. The monoisotopic (exact) mass is 598 g/mol. The fraction of sp³-hybridized carbons (Fsp3) is 0.424. The molecule has 2 aliphatic carbocycles. The summed E-state index contributed by atoms with van der Waals surface area (Å²) < 4.78 is 64.8. The minimum Gasteiger partial charge on any atom is -0.391 e. The van der Waals surface area contributed by atoms with Crippen molar-refractivity contribution in [1.82, 2.24) is 4.98 Å². The molecule has 1 aromatic heterocycles. The maximum atomic E-state index is 13.2. The van der Waals surface area contributed by atoms with Gasteiger partial charge in [0.05, 0.1) is 34.1 Å². The van der Waals surface area contributed by atoms with Crippen molar-refractivity contribution >= 4 is 21.1 Å². The van der Waals surface area contributed by atoms with Crippen LogP contribution >= 0.6 is 0 Å². The van der Waals surface area contributed by atoms with Crippen LogP contribution in [0.3, 0.4) is 0 Å². The normalized spacial score (nSPS) is 22.3. The highest BCUT2D eigenvalue weighted by molar-refractivity contribution is 7.91. The molecule has 2 aliphatic rings. The van der Waals surface area contributed by atoms with Gasteiger partial charge in [-0.25, -0.2) is 8.42 Å². The molecule has 0 bridgehead atoms. The lowest BCUT2D eigenvalue weighted by Crippen LogP contribution is -2.40. The van der Waals surface area contributed by atoms with E-state index in [-0.39, 0.29) is 29.0 Å². The molecule has 2 N–H and O–H groups in total. The fourth-order valence-electron chi connectivity index (χ4n) is 5.99. The molecule has 9 heteroatoms. The van der Waals surface area contributed by atoms with Crippen molar-refractivity contribution in [2.24, 2.45) is 17.8 Å². The van der Waals surface area contributed by atoms with Crippen LogP contribution < -0.4 is 5.32 Å². The number of sulfone groups is 1. The molecule has 2 fully saturated rings. The molecule has 4 atom stereocenters. The maximum absolute atomic E-state index is 13.2. The van der Waals surface area contributed by atoms with Gasteiger partial charge >= 0.3 is 6.18 Å². The Morgan fingerprint density at radius 3 is 2.21 bits per heavy atom. The van der Waals surface area contributed by atoms with Gasteiger partial charge in [-0.05, 0) is 103 Å². The topological polar surface area (TPSA) is 79.3 Å². The van der Waals surface area contributed by atoms with Crippen LogP contribution in [0.5, 0.6) is 0 Å². The number of alkyl halides is 3. The number of pyridine rings is 1. The number of allylic oxidation sites excluding steroid dienone is 1. The largest absolute Gasteiger partial charge is 0.416 e. The molecule has 0 saturated heterocycles. The molecule has 0 amide bonds. The second kappa shape index (κ2) is 12.2. The summed E-state index contributed by atoms with van der Waals surface area (Å²) in [7, 11) is -3.58. The van der Waals surface area contributed by atoms with Gasteiger partial charge in [-0.15, -0.1) is 0 Å². The maximum Gasteiger partial charge on any atom is 0.416 e. The lowest BCUT2D eigenvalue weighted by atomic mass is 9.73. The Hall–Kier alpha value is -3.17. The number of aromatic nitrogens is 1. The highest BCUT2D eigenvalue weighted by Gasteiger charge is 2.33. The quantitative estimate of drug-likeness (QED) is 0.265. The number of aliphatic hydroxyl groups is 1. The van der Waals surface area contributed by atoms with E-state index in [1.807, 2.05) is 12.1 Å². The van der Waals surface area contributed by atoms with Crippen LogP contribution in [0, 0.1) is 17.8 Å². The summed E-state index contributed by atoms with van der Waals surface area (Å²) in [4.78, 5) is 4.86. The minimum absolute atomic E-state index is 0.0754. The second-order valence-electron chi connectivity index (χ2n) is 11.8. The third-order valence-electron chi connectivity index (χ3n) is 8.99. The average Bonchev–Trinajstić information content (AvgIpc) is 2.93. The first-order chi connectivity index (χ1) is 19.9. The average molecular weight is 599 g/mol. The van der Waals surface area contributed by atoms with Gasteiger partial charge in [0.25, 0.3) is 0 Å². The lowest BCUT2D eigenvalue weighted by Gasteiger charge is -2.34. The van der Waals surface area contributed by atoms with Gasteiger partial charge in [-0.1, -0.05) is 38.1 Å². The van der Waals surface area contributed by atoms with Crippen molar-refractivity contribution in [3.63, 3.8) is 0 Å². The Balaban J connectivity index is 1.16. The van der Waals surface area contributed by atoms with Gasteiger partial charge in [-0.2, -0.15) is 13.2 Å². The standard InChI is InChI=1S/C33H37F3N2O3S/c1-21(24-4-3-5-24)22(2)30-17-9-26(19-37-30)25-7-14-29(15-8-25)42(40,41)20-23-6-16-31(32(39)18-23)38-28-12-10-27(11-13-28)33(34,35)36/h7-15,17,19,21,23-24,31-32,38-39H,2-6,16,18,20H2,1H3/t21?,23?,31-,32+/m1/s1. The van der Waals surface area contributed by atoms with Crippen LogP contribution in [0.25, 0.3) is 16.7 Å². The summed E-state index contributed by atoms with van der Waals surface area (Å²) in [6, 6.07) is 15.1. The summed E-state index contributed by atoms with van der Waals surface area (Å²) in [5, 5.41) is 13.8. The highest BCUT2D eigenvalue weighted by atomic mass is 32.2. The molecule has 42 heavy (non-hydrogen) atoms. The van der Waals surface area contributed by atoms with E-state index in [0.29, 0.717) is 30.4 Å². The number of aliphatic hydroxyl groups excluding tert-OH is 1. The van der Waals surface area contributed by atoms with Gasteiger partial charge in [0.15, 0.2) is 9.84 Å². The van der Waals surface area contributed by atoms with Crippen LogP contribution in [0.2, 0.25) is 0 Å². The first-order valence-electron chi connectivity index (χ1n) is 14.5. The van der Waals surface area contributed by atoms with E-state index >= 15 is 0 Å². The van der Waals surface area contributed by atoms with Gasteiger partial charge in [0.1, 0.15) is 0 Å². The van der Waals surface area contributed by atoms with Crippen molar-refractivity contribution in [3.8, 4) is 11.1 Å². The van der Waals surface area contributed by atoms with Gasteiger partial charge in [0, 0.05) is 17.4 Å². The summed E-state index contributed by atoms with van der Waals surface area (Å²) in [6.45, 7) is 6.49. The molecule has 2 unspecified atom stereocenters. The van der Waals surface area contributed by atoms with E-state index in [2.05, 4.69) is 23.8 Å². The first-order valence-corrected chi connectivity index (χ1v) is 16.2. The number of nitrogens with one attached hydrogen (secondary N) is 1. The zero-order valence-electron chi connectivity index (χ0n) is 23.6. The van der Waals surface area contributed by atoms with Gasteiger partial charge < -0.3 is 10.4 Å². The van der Waals surface area contributed by atoms with E-state index < -0.39 is 27.7 Å². The van der Waals surface area contributed by atoms with E-state index in [0.717, 1.165) is 34.5 Å². The molecular formula is C33H37F3N2O3S. The van der Waals surface area contributed by atoms with Crippen molar-refractivity contribution in [3.05, 3.63) is 84.7 Å². The number of anilines is 1. The van der Waals surface area contributed by atoms with Crippen LogP contribution in [-0.4, -0.2) is 36.4 Å². The predicted molar refractivity (Wildman–Crippen MR) is 159 cm³/mol. The Morgan fingerprint density at radius 1 is 1.00 bits per heavy atom. The first kappa shape index (κ1) is 30.3. The zero-order valence-corrected chi connectivity index (χ0v) is 24.5. The van der Waals surface area contributed by atoms with Gasteiger partial charge in [0.2, 0.25) is 0 Å². The molecule has 3 aromatic rings. The molecule has 2 aromatic carbocycles. The number of benzene rings is 2. The summed E-state index contributed by atoms with van der Waals surface area (Å²) in [6.07, 6.45) is 1.74. The molecule has 5 nitrogen and oxygen atoms in total. The molecule has 0 radical (unpaired) electrons. The number of halogens is 3. The van der Waals surface area contributed by atoms with Crippen LogP contribution in [0.4, 0.5) is 18.9 Å². The van der Waals surface area contributed by atoms with Crippen molar-refractivity contribution in [1.29, 1.82) is 0 Å². The number of hydrogen-bond donors (Lipinski definition) is 2. The molecule has 0 aliphatic heterocycles. The Labute approximate surface area is 245 Å². The predicted octanol–water partition coefficient (Wildman–Crippen LogP) is 7.63. The van der Waals surface area contributed by atoms with E-state index in [1.54, 1.807) is 30.5 Å². The Bertz CT molecular complexity index is 1480. The summed E-state index contributed by atoms with van der Waals surface area (Å²) in [5.74, 6) is 0.806. The molecular weight excluding hydrogens is 561 g/mol. The molecule has 224 valence electrons. The highest BCUT2D eigenvalue weighted by Crippen LogP contribution is 2.39. The SMILES string of the molecule is C=C(c1ccc(-c2ccc(S(=O)(=O)CC3CC[C@@H](Nc4ccc(C(F)(F)F)cc4)[C@@H](O)C3)cc2)cn1)C(C)C1CCC1. The second-order valence-corrected chi connectivity index (χ2v) is 13.8. The van der Waals surface area contributed by atoms with Crippen molar-refractivity contribution in [2.75, 3.05) is 11.1 Å². The van der Waals surface area contributed by atoms with E-state index in [1.165, 1.54) is 31.4 Å². The van der Waals surface area contributed by atoms with Crippen LogP contribution in [0.15, 0.2) is 78.3 Å². The van der Waals surface area contributed by atoms with Crippen molar-refractivity contribution < 1.29 is 26.7 Å². The smallest absolute Gasteiger partial charge is 0.391 e. The summed E-state index contributed by atoms with van der Waals surface area (Å²) >= 11 is 0. The van der Waals surface area contributed by atoms with Gasteiger partial charge in [-0.3, -0.25) is 4.98 Å². The van der Waals surface area contributed by atoms with E-state index in [9.17, 15) is 26.7 Å². The molecule has 1 heterocycles.